The summed E-state index contributed by atoms with van der Waals surface area (Å²) in [4.78, 5) is 21.6. The summed E-state index contributed by atoms with van der Waals surface area (Å²) in [5.41, 5.74) is 0.849. The Hall–Kier alpha value is -2.18. The van der Waals surface area contributed by atoms with Gasteiger partial charge in [0.15, 0.2) is 0 Å². The first-order valence-corrected chi connectivity index (χ1v) is 6.21. The maximum atomic E-state index is 11.2. The highest BCUT2D eigenvalue weighted by Crippen LogP contribution is 2.28. The Morgan fingerprint density at radius 2 is 2.26 bits per heavy atom. The van der Waals surface area contributed by atoms with Crippen molar-refractivity contribution in [1.82, 2.24) is 19.6 Å². The zero-order valence-electron chi connectivity index (χ0n) is 10.8. The minimum atomic E-state index is -0.740. The van der Waals surface area contributed by atoms with E-state index in [0.29, 0.717) is 18.9 Å². The van der Waals surface area contributed by atoms with Crippen LogP contribution in [-0.4, -0.2) is 43.7 Å². The van der Waals surface area contributed by atoms with E-state index in [-0.39, 0.29) is 11.8 Å². The number of carboxylic acid groups (broad SMARTS) is 1. The van der Waals surface area contributed by atoms with Crippen molar-refractivity contribution in [3.63, 3.8) is 0 Å². The lowest BCUT2D eigenvalue weighted by Crippen LogP contribution is -2.25. The fourth-order valence-corrected chi connectivity index (χ4v) is 2.61. The predicted molar refractivity (Wildman–Crippen MR) is 68.0 cm³/mol. The third-order valence-corrected chi connectivity index (χ3v) is 3.61. The molecule has 2 aromatic heterocycles. The first-order chi connectivity index (χ1) is 9.06. The topological polar surface area (TPSA) is 83.6 Å². The van der Waals surface area contributed by atoms with Crippen molar-refractivity contribution in [2.45, 2.75) is 13.8 Å². The van der Waals surface area contributed by atoms with Crippen LogP contribution in [0.2, 0.25) is 0 Å². The minimum absolute atomic E-state index is 0.115. The van der Waals surface area contributed by atoms with Crippen LogP contribution in [0.1, 0.15) is 12.6 Å². The van der Waals surface area contributed by atoms with E-state index in [2.05, 4.69) is 15.1 Å². The number of nitrogens with zero attached hydrogens (tertiary/aromatic N) is 5. The number of aryl methyl sites for hydroxylation is 1. The fraction of sp³-hybridized carbons (Fsp3) is 0.500. The Morgan fingerprint density at radius 3 is 2.95 bits per heavy atom. The molecule has 2 unspecified atom stereocenters. The van der Waals surface area contributed by atoms with Gasteiger partial charge in [0.05, 0.1) is 5.92 Å². The van der Waals surface area contributed by atoms with Crippen LogP contribution >= 0.6 is 0 Å². The summed E-state index contributed by atoms with van der Waals surface area (Å²) >= 11 is 0. The van der Waals surface area contributed by atoms with E-state index in [4.69, 9.17) is 0 Å². The molecule has 0 aromatic carbocycles. The first-order valence-electron chi connectivity index (χ1n) is 6.21. The molecule has 1 aliphatic rings. The molecule has 2 aromatic rings. The second-order valence-electron chi connectivity index (χ2n) is 5.05. The smallest absolute Gasteiger partial charge is 0.308 e. The third-order valence-electron chi connectivity index (χ3n) is 3.61. The number of fused-ring (bicyclic) bond motifs is 1. The summed E-state index contributed by atoms with van der Waals surface area (Å²) in [6, 6.07) is 1.92. The molecule has 100 valence electrons. The van der Waals surface area contributed by atoms with Crippen molar-refractivity contribution in [3.8, 4) is 0 Å². The highest BCUT2D eigenvalue weighted by molar-refractivity contribution is 5.72. The van der Waals surface area contributed by atoms with Crippen molar-refractivity contribution >= 4 is 17.6 Å². The van der Waals surface area contributed by atoms with Crippen LogP contribution in [-0.2, 0) is 4.79 Å². The Kier molecular flexibility index (Phi) is 2.62. The van der Waals surface area contributed by atoms with Gasteiger partial charge in [0, 0.05) is 24.8 Å². The molecule has 3 heterocycles. The molecule has 7 heteroatoms. The molecule has 1 aliphatic heterocycles. The fourth-order valence-electron chi connectivity index (χ4n) is 2.61. The lowest BCUT2D eigenvalue weighted by atomic mass is 9.99. The summed E-state index contributed by atoms with van der Waals surface area (Å²) in [6.45, 7) is 5.06. The normalized spacial score (nSPS) is 23.2. The van der Waals surface area contributed by atoms with E-state index < -0.39 is 5.97 Å². The minimum Gasteiger partial charge on any atom is -0.481 e. The molecule has 1 saturated heterocycles. The van der Waals surface area contributed by atoms with Gasteiger partial charge >= 0.3 is 5.97 Å². The number of rotatable bonds is 2. The average Bonchev–Trinajstić information content (AvgIpc) is 2.93. The molecule has 2 atom stereocenters. The van der Waals surface area contributed by atoms with Gasteiger partial charge in [-0.1, -0.05) is 6.92 Å². The van der Waals surface area contributed by atoms with Gasteiger partial charge in [-0.05, 0) is 12.8 Å². The number of aliphatic carboxylic acids is 1. The first kappa shape index (κ1) is 11.9. The predicted octanol–water partition coefficient (Wildman–Crippen LogP) is 0.590. The van der Waals surface area contributed by atoms with Gasteiger partial charge < -0.3 is 10.0 Å². The van der Waals surface area contributed by atoms with Crippen molar-refractivity contribution < 1.29 is 9.90 Å². The SMILES string of the molecule is Cc1cc(N2CC(C)C(C(=O)O)C2)n2ncnc2n1. The molecular weight excluding hydrogens is 246 g/mol. The quantitative estimate of drug-likeness (QED) is 0.851. The van der Waals surface area contributed by atoms with E-state index in [1.54, 1.807) is 4.52 Å². The highest BCUT2D eigenvalue weighted by Gasteiger charge is 2.35. The summed E-state index contributed by atoms with van der Waals surface area (Å²) in [6.07, 6.45) is 1.46. The molecule has 0 amide bonds. The molecule has 3 rings (SSSR count). The van der Waals surface area contributed by atoms with Crippen LogP contribution in [0.4, 0.5) is 5.82 Å². The summed E-state index contributed by atoms with van der Waals surface area (Å²) in [7, 11) is 0. The van der Waals surface area contributed by atoms with Gasteiger partial charge in [-0.3, -0.25) is 4.79 Å². The Bertz CT molecular complexity index is 638. The van der Waals surface area contributed by atoms with Crippen molar-refractivity contribution in [2.24, 2.45) is 11.8 Å². The maximum absolute atomic E-state index is 11.2. The molecule has 1 N–H and O–H groups in total. The third kappa shape index (κ3) is 1.91. The summed E-state index contributed by atoms with van der Waals surface area (Å²) in [5, 5.41) is 13.4. The molecule has 19 heavy (non-hydrogen) atoms. The van der Waals surface area contributed by atoms with E-state index >= 15 is 0 Å². The maximum Gasteiger partial charge on any atom is 0.308 e. The molecular formula is C12H15N5O2. The summed E-state index contributed by atoms with van der Waals surface area (Å²) < 4.78 is 1.66. The molecule has 0 bridgehead atoms. The van der Waals surface area contributed by atoms with Crippen molar-refractivity contribution in [1.29, 1.82) is 0 Å². The highest BCUT2D eigenvalue weighted by atomic mass is 16.4. The second kappa shape index (κ2) is 4.18. The zero-order valence-corrected chi connectivity index (χ0v) is 10.8. The molecule has 0 aliphatic carbocycles. The monoisotopic (exact) mass is 261 g/mol. The van der Waals surface area contributed by atoms with Crippen LogP contribution in [0.15, 0.2) is 12.4 Å². The Balaban J connectivity index is 2.01. The number of anilines is 1. The van der Waals surface area contributed by atoms with Crippen molar-refractivity contribution in [2.75, 3.05) is 18.0 Å². The lowest BCUT2D eigenvalue weighted by Gasteiger charge is -2.18. The van der Waals surface area contributed by atoms with Gasteiger partial charge in [0.2, 0.25) is 0 Å². The number of carbonyl (C=O) groups is 1. The van der Waals surface area contributed by atoms with Crippen LogP contribution < -0.4 is 4.90 Å². The van der Waals surface area contributed by atoms with Crippen LogP contribution in [0, 0.1) is 18.8 Å². The lowest BCUT2D eigenvalue weighted by molar-refractivity contribution is -0.142. The summed E-state index contributed by atoms with van der Waals surface area (Å²) in [5.74, 6) is 0.434. The zero-order chi connectivity index (χ0) is 13.6. The Morgan fingerprint density at radius 1 is 1.47 bits per heavy atom. The Labute approximate surface area is 109 Å². The van der Waals surface area contributed by atoms with Gasteiger partial charge in [-0.15, -0.1) is 0 Å². The second-order valence-corrected chi connectivity index (χ2v) is 5.05. The number of hydrogen-bond donors (Lipinski definition) is 1. The van der Waals surface area contributed by atoms with Crippen LogP contribution in [0.3, 0.4) is 0 Å². The van der Waals surface area contributed by atoms with Gasteiger partial charge in [-0.2, -0.15) is 14.6 Å². The molecule has 0 spiro atoms. The van der Waals surface area contributed by atoms with Crippen molar-refractivity contribution in [3.05, 3.63) is 18.1 Å². The van der Waals surface area contributed by atoms with Gasteiger partial charge in [-0.25, -0.2) is 4.98 Å². The van der Waals surface area contributed by atoms with E-state index in [0.717, 1.165) is 11.5 Å². The van der Waals surface area contributed by atoms with E-state index in [1.165, 1.54) is 6.33 Å². The molecule has 1 fully saturated rings. The largest absolute Gasteiger partial charge is 0.481 e. The van der Waals surface area contributed by atoms with Crippen LogP contribution in [0.5, 0.6) is 0 Å². The number of aromatic nitrogens is 4. The molecule has 0 radical (unpaired) electrons. The van der Waals surface area contributed by atoms with E-state index in [1.807, 2.05) is 24.8 Å². The molecule has 0 saturated carbocycles. The van der Waals surface area contributed by atoms with Gasteiger partial charge in [0.25, 0.3) is 5.78 Å². The number of hydrogen-bond acceptors (Lipinski definition) is 5. The molecule has 7 nitrogen and oxygen atoms in total. The average molecular weight is 261 g/mol. The van der Waals surface area contributed by atoms with Crippen LogP contribution in [0.25, 0.3) is 5.78 Å². The van der Waals surface area contributed by atoms with E-state index in [9.17, 15) is 9.90 Å². The van der Waals surface area contributed by atoms with Gasteiger partial charge in [0.1, 0.15) is 12.1 Å². The standard InChI is InChI=1S/C12H15N5O2/c1-7-4-16(5-9(7)11(18)19)10-3-8(2)15-12-13-6-14-17(10)12/h3,6-7,9H,4-5H2,1-2H3,(H,18,19). The number of carboxylic acids is 1.